The van der Waals surface area contributed by atoms with Crippen molar-refractivity contribution in [3.63, 3.8) is 0 Å². The van der Waals surface area contributed by atoms with Gasteiger partial charge in [-0.25, -0.2) is 0 Å². The molecule has 0 amide bonds. The topological polar surface area (TPSA) is 15.3 Å². The summed E-state index contributed by atoms with van der Waals surface area (Å²) in [5.74, 6) is 0. The van der Waals surface area contributed by atoms with Crippen LogP contribution >= 0.6 is 0 Å². The zero-order chi connectivity index (χ0) is 48.3. The summed E-state index contributed by atoms with van der Waals surface area (Å²) in [5, 5.41) is 10.2. The number of aromatic nitrogens is 2. The smallest absolute Gasteiger partial charge is 0.0641 e. The number of rotatable bonds is 6. The Bertz CT molecular complexity index is 4260. The minimum atomic E-state index is 1.18. The molecule has 0 saturated heterocycles. The van der Waals surface area contributed by atoms with Gasteiger partial charge in [0.2, 0.25) is 0 Å². The van der Waals surface area contributed by atoms with Crippen molar-refractivity contribution in [3.8, 4) is 0 Å². The first kappa shape index (κ1) is 42.3. The summed E-state index contributed by atoms with van der Waals surface area (Å²) in [4.78, 5) is 5.06. The van der Waals surface area contributed by atoms with Crippen molar-refractivity contribution >= 4 is 110 Å². The second-order valence-corrected chi connectivity index (χ2v) is 20.8. The molecule has 0 bridgehead atoms. The molecule has 0 N–H and O–H groups in total. The molecule has 0 fully saturated rings. The van der Waals surface area contributed by atoms with Crippen LogP contribution in [0.4, 0.5) is 34.1 Å². The molecular formula is C66H58N4. The molecule has 13 aromatic rings. The lowest BCUT2D eigenvalue weighted by atomic mass is 9.98. The fraction of sp³-hybridized carbons (Fsp3) is 0.182. The average Bonchev–Trinajstić information content (AvgIpc) is 4.07. The van der Waals surface area contributed by atoms with Gasteiger partial charge in [-0.15, -0.1) is 0 Å². The summed E-state index contributed by atoms with van der Waals surface area (Å²) < 4.78 is 5.14. The average molecular weight is 907 g/mol. The van der Waals surface area contributed by atoms with Crippen LogP contribution in [0.15, 0.2) is 133 Å². The first-order valence-electron chi connectivity index (χ1n) is 24.9. The van der Waals surface area contributed by atoms with E-state index in [4.69, 9.17) is 0 Å². The third-order valence-electron chi connectivity index (χ3n) is 16.8. The fourth-order valence-electron chi connectivity index (χ4n) is 12.3. The van der Waals surface area contributed by atoms with Gasteiger partial charge in [-0.3, -0.25) is 0 Å². The van der Waals surface area contributed by atoms with Crippen molar-refractivity contribution in [1.29, 1.82) is 0 Å². The minimum Gasteiger partial charge on any atom is -0.310 e. The molecule has 4 aromatic heterocycles. The van der Waals surface area contributed by atoms with Crippen molar-refractivity contribution in [2.75, 3.05) is 9.80 Å². The Balaban J connectivity index is 1.12. The molecule has 4 nitrogen and oxygen atoms in total. The predicted octanol–water partition coefficient (Wildman–Crippen LogP) is 18.6. The van der Waals surface area contributed by atoms with Crippen LogP contribution in [0.1, 0.15) is 66.8 Å². The molecule has 9 aromatic carbocycles. The van der Waals surface area contributed by atoms with Gasteiger partial charge in [-0.2, -0.15) is 0 Å². The van der Waals surface area contributed by atoms with Gasteiger partial charge in [0, 0.05) is 65.8 Å². The van der Waals surface area contributed by atoms with Gasteiger partial charge in [0.05, 0.1) is 44.5 Å². The number of benzene rings is 9. The van der Waals surface area contributed by atoms with Crippen molar-refractivity contribution in [3.05, 3.63) is 200 Å². The van der Waals surface area contributed by atoms with Crippen LogP contribution in [0, 0.1) is 83.1 Å². The van der Waals surface area contributed by atoms with Crippen LogP contribution in [-0.2, 0) is 0 Å². The summed E-state index contributed by atoms with van der Waals surface area (Å²) in [5.41, 5.74) is 30.3. The Labute approximate surface area is 410 Å². The van der Waals surface area contributed by atoms with Gasteiger partial charge in [-0.05, 0) is 229 Å². The molecule has 70 heavy (non-hydrogen) atoms. The number of nitrogens with zero attached hydrogens (tertiary/aromatic N) is 4. The van der Waals surface area contributed by atoms with E-state index in [1.165, 1.54) is 177 Å². The lowest BCUT2D eigenvalue weighted by Gasteiger charge is -2.30. The highest BCUT2D eigenvalue weighted by Gasteiger charge is 2.29. The van der Waals surface area contributed by atoms with E-state index in [1.54, 1.807) is 0 Å². The minimum absolute atomic E-state index is 1.18. The van der Waals surface area contributed by atoms with Gasteiger partial charge >= 0.3 is 0 Å². The van der Waals surface area contributed by atoms with Gasteiger partial charge in [-0.1, -0.05) is 54.6 Å². The van der Waals surface area contributed by atoms with Crippen LogP contribution in [0.25, 0.3) is 76.2 Å². The highest BCUT2D eigenvalue weighted by molar-refractivity contribution is 6.32. The Kier molecular flexibility index (Phi) is 8.97. The second kappa shape index (κ2) is 14.8. The van der Waals surface area contributed by atoms with E-state index in [9.17, 15) is 0 Å². The monoisotopic (exact) mass is 906 g/mol. The number of aryl methyl sites for hydroxylation is 9. The summed E-state index contributed by atoms with van der Waals surface area (Å²) in [6, 6.07) is 51.7. The number of hydrogen-bond acceptors (Lipinski definition) is 2. The molecular weight excluding hydrogens is 849 g/mol. The first-order chi connectivity index (χ1) is 33.7. The number of para-hydroxylation sites is 2. The zero-order valence-electron chi connectivity index (χ0n) is 42.5. The molecule has 4 heteroatoms. The van der Waals surface area contributed by atoms with Crippen LogP contribution in [0.2, 0.25) is 0 Å². The van der Waals surface area contributed by atoms with E-state index in [0.717, 1.165) is 0 Å². The van der Waals surface area contributed by atoms with Crippen molar-refractivity contribution in [2.45, 2.75) is 83.1 Å². The van der Waals surface area contributed by atoms with Gasteiger partial charge in [0.15, 0.2) is 0 Å². The molecule has 4 heterocycles. The normalized spacial score (nSPS) is 12.3. The van der Waals surface area contributed by atoms with E-state index in [-0.39, 0.29) is 0 Å². The summed E-state index contributed by atoms with van der Waals surface area (Å²) in [6.07, 6.45) is 0. The predicted molar refractivity (Wildman–Crippen MR) is 302 cm³/mol. The molecule has 342 valence electrons. The van der Waals surface area contributed by atoms with E-state index in [1.807, 2.05) is 0 Å². The van der Waals surface area contributed by atoms with Crippen molar-refractivity contribution < 1.29 is 0 Å². The van der Waals surface area contributed by atoms with E-state index < -0.39 is 0 Å². The summed E-state index contributed by atoms with van der Waals surface area (Å²) in [7, 11) is 0. The zero-order valence-corrected chi connectivity index (χ0v) is 42.5. The maximum Gasteiger partial charge on any atom is 0.0641 e. The van der Waals surface area contributed by atoms with Gasteiger partial charge in [0.25, 0.3) is 0 Å². The Morgan fingerprint density at radius 1 is 0.271 bits per heavy atom. The molecule has 0 spiro atoms. The van der Waals surface area contributed by atoms with Crippen molar-refractivity contribution in [2.24, 2.45) is 0 Å². The van der Waals surface area contributed by atoms with Gasteiger partial charge in [0.1, 0.15) is 0 Å². The SMILES string of the molecule is Cc1cc(C)c(N(c2cc(C)c(C)c(C)c2)c2ccc3c4cc5c(cc4n4c6ccccc6c2c34)c2ccc(N(c3cc(C)c(C)c(C)c3)c3cc(C)c(C)c(C)c3)c3c4ccccc4n5c23)cc1C. The standard InChI is InChI=1S/C66H58N4/c1-35-25-43(9)60(32-36(35)2)68(49-30-41(7)46(12)42(8)31-49)59-24-22-51-55-34-61-54(33-62(55)70-57-20-16-14-18-53(57)64(59)66(51)70)50-21-23-58(63-52-17-13-15-19-56(52)69(61)65(50)63)67(47-26-37(3)44(10)38(4)27-47)48-28-39(5)45(11)40(6)29-48/h13-34H,1-12H3. The van der Waals surface area contributed by atoms with Crippen LogP contribution in [0.3, 0.4) is 0 Å². The molecule has 0 atom stereocenters. The maximum absolute atomic E-state index is 2.57. The number of anilines is 6. The third-order valence-corrected chi connectivity index (χ3v) is 16.8. The molecule has 0 aliphatic carbocycles. The largest absolute Gasteiger partial charge is 0.310 e. The molecule has 0 radical (unpaired) electrons. The van der Waals surface area contributed by atoms with E-state index in [0.29, 0.717) is 0 Å². The quantitative estimate of drug-likeness (QED) is 0.165. The highest BCUT2D eigenvalue weighted by Crippen LogP contribution is 2.52. The Hall–Kier alpha value is -7.82. The van der Waals surface area contributed by atoms with E-state index >= 15 is 0 Å². The molecule has 0 aliphatic heterocycles. The maximum atomic E-state index is 2.57. The lowest BCUT2D eigenvalue weighted by molar-refractivity contribution is 1.19. The molecule has 13 rings (SSSR count). The summed E-state index contributed by atoms with van der Waals surface area (Å²) in [6.45, 7) is 26.9. The van der Waals surface area contributed by atoms with E-state index in [2.05, 4.69) is 235 Å². The lowest BCUT2D eigenvalue weighted by Crippen LogP contribution is -2.13. The van der Waals surface area contributed by atoms with Crippen LogP contribution in [-0.4, -0.2) is 8.80 Å². The first-order valence-corrected chi connectivity index (χ1v) is 24.9. The molecule has 0 unspecified atom stereocenters. The van der Waals surface area contributed by atoms with Crippen molar-refractivity contribution in [1.82, 2.24) is 8.80 Å². The van der Waals surface area contributed by atoms with Crippen LogP contribution < -0.4 is 9.80 Å². The highest BCUT2D eigenvalue weighted by atomic mass is 15.2. The van der Waals surface area contributed by atoms with Crippen LogP contribution in [0.5, 0.6) is 0 Å². The second-order valence-electron chi connectivity index (χ2n) is 20.8. The molecule has 0 saturated carbocycles. The number of hydrogen-bond donors (Lipinski definition) is 0. The Morgan fingerprint density at radius 2 is 0.643 bits per heavy atom. The Morgan fingerprint density at radius 3 is 1.07 bits per heavy atom. The van der Waals surface area contributed by atoms with Gasteiger partial charge < -0.3 is 18.6 Å². The summed E-state index contributed by atoms with van der Waals surface area (Å²) >= 11 is 0. The number of fused-ring (bicyclic) bond motifs is 12. The third kappa shape index (κ3) is 5.71. The molecule has 0 aliphatic rings. The fourth-order valence-corrected chi connectivity index (χ4v) is 12.3.